The molecule has 2 aromatic rings. The zero-order chi connectivity index (χ0) is 14.5. The highest BCUT2D eigenvalue weighted by Crippen LogP contribution is 2.20. The molecule has 0 radical (unpaired) electrons. The van der Waals surface area contributed by atoms with Gasteiger partial charge in [0.2, 0.25) is 0 Å². The molecular formula is C16H22FN3. The van der Waals surface area contributed by atoms with Crippen molar-refractivity contribution in [1.82, 2.24) is 15.1 Å². The number of nitrogens with zero attached hydrogens (tertiary/aromatic N) is 2. The predicted octanol–water partition coefficient (Wildman–Crippen LogP) is 3.30. The van der Waals surface area contributed by atoms with E-state index in [9.17, 15) is 4.39 Å². The van der Waals surface area contributed by atoms with Crippen LogP contribution in [0.2, 0.25) is 0 Å². The van der Waals surface area contributed by atoms with Crippen LogP contribution in [0.5, 0.6) is 0 Å². The fraction of sp³-hybridized carbons (Fsp3) is 0.438. The van der Waals surface area contributed by atoms with Crippen molar-refractivity contribution < 1.29 is 4.39 Å². The third kappa shape index (κ3) is 3.45. The van der Waals surface area contributed by atoms with E-state index in [-0.39, 0.29) is 5.82 Å². The van der Waals surface area contributed by atoms with Gasteiger partial charge in [0.05, 0.1) is 12.7 Å². The van der Waals surface area contributed by atoms with E-state index in [1.165, 1.54) is 23.4 Å². The molecule has 1 heterocycles. The highest BCUT2D eigenvalue weighted by Gasteiger charge is 2.14. The van der Waals surface area contributed by atoms with Crippen LogP contribution in [-0.4, -0.2) is 16.3 Å². The fourth-order valence-electron chi connectivity index (χ4n) is 2.39. The van der Waals surface area contributed by atoms with Gasteiger partial charge < -0.3 is 5.32 Å². The van der Waals surface area contributed by atoms with E-state index in [2.05, 4.69) is 31.2 Å². The van der Waals surface area contributed by atoms with Crippen LogP contribution in [0.25, 0.3) is 0 Å². The molecule has 0 fully saturated rings. The van der Waals surface area contributed by atoms with Crippen LogP contribution in [0, 0.1) is 5.82 Å². The SMILES string of the molecule is CCNCc1cnn(Cc2ccc(F)cc2)c1C(C)C. The monoisotopic (exact) mass is 275 g/mol. The summed E-state index contributed by atoms with van der Waals surface area (Å²) in [6.07, 6.45) is 1.93. The minimum absolute atomic E-state index is 0.203. The lowest BCUT2D eigenvalue weighted by Crippen LogP contribution is -2.15. The summed E-state index contributed by atoms with van der Waals surface area (Å²) >= 11 is 0. The third-order valence-electron chi connectivity index (χ3n) is 3.32. The summed E-state index contributed by atoms with van der Waals surface area (Å²) in [6, 6.07) is 6.61. The van der Waals surface area contributed by atoms with Crippen LogP contribution < -0.4 is 5.32 Å². The Labute approximate surface area is 119 Å². The lowest BCUT2D eigenvalue weighted by molar-refractivity contribution is 0.603. The van der Waals surface area contributed by atoms with Crippen molar-refractivity contribution in [2.24, 2.45) is 0 Å². The number of nitrogens with one attached hydrogen (secondary N) is 1. The Morgan fingerprint density at radius 3 is 2.55 bits per heavy atom. The lowest BCUT2D eigenvalue weighted by atomic mass is 10.1. The van der Waals surface area contributed by atoms with E-state index < -0.39 is 0 Å². The minimum Gasteiger partial charge on any atom is -0.313 e. The molecule has 0 bridgehead atoms. The minimum atomic E-state index is -0.203. The second kappa shape index (κ2) is 6.66. The number of aromatic nitrogens is 2. The molecule has 4 heteroatoms. The van der Waals surface area contributed by atoms with Crippen molar-refractivity contribution >= 4 is 0 Å². The molecule has 2 rings (SSSR count). The standard InChI is InChI=1S/C16H22FN3/c1-4-18-9-14-10-19-20(16(14)12(2)3)11-13-5-7-15(17)8-6-13/h5-8,10,12,18H,4,9,11H2,1-3H3. The Kier molecular flexibility index (Phi) is 4.90. The summed E-state index contributed by atoms with van der Waals surface area (Å²) in [5.41, 5.74) is 3.55. The molecule has 1 N–H and O–H groups in total. The van der Waals surface area contributed by atoms with Gasteiger partial charge in [0.15, 0.2) is 0 Å². The average molecular weight is 275 g/mol. The molecule has 1 aromatic carbocycles. The van der Waals surface area contributed by atoms with Gasteiger partial charge in [-0.2, -0.15) is 5.10 Å². The largest absolute Gasteiger partial charge is 0.313 e. The van der Waals surface area contributed by atoms with E-state index >= 15 is 0 Å². The van der Waals surface area contributed by atoms with E-state index in [1.807, 2.05) is 23.0 Å². The maximum Gasteiger partial charge on any atom is 0.123 e. The number of hydrogen-bond donors (Lipinski definition) is 1. The average Bonchev–Trinajstić information content (AvgIpc) is 2.82. The Morgan fingerprint density at radius 2 is 1.95 bits per heavy atom. The van der Waals surface area contributed by atoms with Crippen molar-refractivity contribution in [3.8, 4) is 0 Å². The summed E-state index contributed by atoms with van der Waals surface area (Å²) in [7, 11) is 0. The summed E-state index contributed by atoms with van der Waals surface area (Å²) in [6.45, 7) is 8.91. The third-order valence-corrected chi connectivity index (χ3v) is 3.32. The maximum absolute atomic E-state index is 12.9. The van der Waals surface area contributed by atoms with E-state index in [4.69, 9.17) is 0 Å². The van der Waals surface area contributed by atoms with E-state index in [0.717, 1.165) is 18.7 Å². The molecule has 0 atom stereocenters. The molecule has 1 aromatic heterocycles. The zero-order valence-electron chi connectivity index (χ0n) is 12.4. The van der Waals surface area contributed by atoms with Crippen molar-refractivity contribution in [3.63, 3.8) is 0 Å². The second-order valence-corrected chi connectivity index (χ2v) is 5.27. The lowest BCUT2D eigenvalue weighted by Gasteiger charge is -2.13. The van der Waals surface area contributed by atoms with Crippen LogP contribution in [0.1, 0.15) is 43.5 Å². The Hall–Kier alpha value is -1.68. The zero-order valence-corrected chi connectivity index (χ0v) is 12.4. The first-order valence-electron chi connectivity index (χ1n) is 7.11. The Bertz CT molecular complexity index is 543. The van der Waals surface area contributed by atoms with Gasteiger partial charge in [0, 0.05) is 17.8 Å². The van der Waals surface area contributed by atoms with Crippen molar-refractivity contribution in [3.05, 3.63) is 53.1 Å². The van der Waals surface area contributed by atoms with Gasteiger partial charge in [-0.05, 0) is 30.2 Å². The first-order chi connectivity index (χ1) is 9.61. The highest BCUT2D eigenvalue weighted by molar-refractivity contribution is 5.23. The molecule has 0 amide bonds. The molecule has 0 aliphatic heterocycles. The van der Waals surface area contributed by atoms with Gasteiger partial charge in [-0.15, -0.1) is 0 Å². The molecule has 20 heavy (non-hydrogen) atoms. The topological polar surface area (TPSA) is 29.9 Å². The van der Waals surface area contributed by atoms with Crippen LogP contribution in [0.4, 0.5) is 4.39 Å². The van der Waals surface area contributed by atoms with Crippen LogP contribution in [-0.2, 0) is 13.1 Å². The summed E-state index contributed by atoms with van der Waals surface area (Å²) in [5, 5.41) is 7.83. The molecule has 0 unspecified atom stereocenters. The van der Waals surface area contributed by atoms with Crippen molar-refractivity contribution in [2.75, 3.05) is 6.54 Å². The summed E-state index contributed by atoms with van der Waals surface area (Å²) < 4.78 is 15.0. The van der Waals surface area contributed by atoms with Crippen LogP contribution >= 0.6 is 0 Å². The van der Waals surface area contributed by atoms with E-state index in [0.29, 0.717) is 12.5 Å². The fourth-order valence-corrected chi connectivity index (χ4v) is 2.39. The Balaban J connectivity index is 2.22. The second-order valence-electron chi connectivity index (χ2n) is 5.27. The number of benzene rings is 1. The quantitative estimate of drug-likeness (QED) is 0.876. The predicted molar refractivity (Wildman–Crippen MR) is 79.2 cm³/mol. The number of halogens is 1. The van der Waals surface area contributed by atoms with Gasteiger partial charge >= 0.3 is 0 Å². The van der Waals surface area contributed by atoms with Gasteiger partial charge in [-0.1, -0.05) is 32.9 Å². The molecule has 0 aliphatic carbocycles. The van der Waals surface area contributed by atoms with Gasteiger partial charge in [-0.3, -0.25) is 4.68 Å². The molecular weight excluding hydrogens is 253 g/mol. The van der Waals surface area contributed by atoms with Crippen LogP contribution in [0.15, 0.2) is 30.5 Å². The number of hydrogen-bond acceptors (Lipinski definition) is 2. The van der Waals surface area contributed by atoms with Gasteiger partial charge in [0.1, 0.15) is 5.82 Å². The number of rotatable bonds is 6. The van der Waals surface area contributed by atoms with Crippen LogP contribution in [0.3, 0.4) is 0 Å². The molecule has 0 saturated heterocycles. The normalized spacial score (nSPS) is 11.2. The first-order valence-corrected chi connectivity index (χ1v) is 7.11. The molecule has 0 aliphatic rings. The Morgan fingerprint density at radius 1 is 1.25 bits per heavy atom. The molecule has 0 spiro atoms. The molecule has 108 valence electrons. The van der Waals surface area contributed by atoms with Gasteiger partial charge in [-0.25, -0.2) is 4.39 Å². The van der Waals surface area contributed by atoms with Crippen molar-refractivity contribution in [2.45, 2.75) is 39.8 Å². The summed E-state index contributed by atoms with van der Waals surface area (Å²) in [5.74, 6) is 0.206. The van der Waals surface area contributed by atoms with Crippen molar-refractivity contribution in [1.29, 1.82) is 0 Å². The maximum atomic E-state index is 12.9. The smallest absolute Gasteiger partial charge is 0.123 e. The van der Waals surface area contributed by atoms with Gasteiger partial charge in [0.25, 0.3) is 0 Å². The first kappa shape index (κ1) is 14.7. The summed E-state index contributed by atoms with van der Waals surface area (Å²) in [4.78, 5) is 0. The molecule has 0 saturated carbocycles. The van der Waals surface area contributed by atoms with E-state index in [1.54, 1.807) is 0 Å². The highest BCUT2D eigenvalue weighted by atomic mass is 19.1. The molecule has 3 nitrogen and oxygen atoms in total.